The van der Waals surface area contributed by atoms with Crippen LogP contribution in [0.3, 0.4) is 0 Å². The molecule has 0 atom stereocenters. The van der Waals surface area contributed by atoms with Gasteiger partial charge in [0.15, 0.2) is 5.78 Å². The van der Waals surface area contributed by atoms with Crippen LogP contribution in [0.1, 0.15) is 144 Å². The number of aliphatic carboxylic acids is 2. The molecule has 0 aliphatic carbocycles. The molecule has 0 heterocycles. The van der Waals surface area contributed by atoms with Crippen molar-refractivity contribution in [1.29, 1.82) is 0 Å². The molecule has 0 aliphatic heterocycles. The first kappa shape index (κ1) is 44.3. The third kappa shape index (κ3) is 18.0. The SMILES string of the molecule is O=C(O)CCCCCCCCCCCNS(=O)(=O)c1cccc(C(=O)c2c(Cl)cccc2S(=O)(=O)NCCCCCCCCCCCC(=O)O)c1. The summed E-state index contributed by atoms with van der Waals surface area (Å²) < 4.78 is 57.8. The van der Waals surface area contributed by atoms with Gasteiger partial charge in [-0.1, -0.05) is 120 Å². The van der Waals surface area contributed by atoms with Crippen molar-refractivity contribution in [1.82, 2.24) is 9.44 Å². The summed E-state index contributed by atoms with van der Waals surface area (Å²) in [6.45, 7) is 0.428. The Bertz CT molecular complexity index is 1600. The van der Waals surface area contributed by atoms with E-state index < -0.39 is 37.8 Å². The van der Waals surface area contributed by atoms with Crippen molar-refractivity contribution >= 4 is 49.4 Å². The lowest BCUT2D eigenvalue weighted by Gasteiger charge is -2.13. The van der Waals surface area contributed by atoms with Gasteiger partial charge in [-0.3, -0.25) is 14.4 Å². The third-order valence-corrected chi connectivity index (χ3v) is 11.9. The normalized spacial score (nSPS) is 11.9. The topological polar surface area (TPSA) is 184 Å². The molecule has 0 radical (unpaired) electrons. The largest absolute Gasteiger partial charge is 0.481 e. The predicted octanol–water partition coefficient (Wildman–Crippen LogP) is 8.10. The monoisotopic (exact) mass is 770 g/mol. The van der Waals surface area contributed by atoms with Crippen molar-refractivity contribution < 1.29 is 41.4 Å². The van der Waals surface area contributed by atoms with Crippen molar-refractivity contribution in [3.05, 3.63) is 58.6 Å². The number of carboxylic acids is 2. The zero-order chi connectivity index (χ0) is 37.5. The molecule has 2 rings (SSSR count). The Hall–Kier alpha value is -2.84. The number of hydrogen-bond donors (Lipinski definition) is 4. The van der Waals surface area contributed by atoms with Crippen molar-refractivity contribution in [3.8, 4) is 0 Å². The minimum absolute atomic E-state index is 0.00716. The molecule has 11 nitrogen and oxygen atoms in total. The molecule has 0 aliphatic rings. The highest BCUT2D eigenvalue weighted by atomic mass is 35.5. The maximum atomic E-state index is 13.6. The predicted molar refractivity (Wildman–Crippen MR) is 199 cm³/mol. The van der Waals surface area contributed by atoms with Crippen LogP contribution in [-0.4, -0.2) is 57.9 Å². The molecule has 2 aromatic carbocycles. The molecule has 0 spiro atoms. The molecule has 0 amide bonds. The van der Waals surface area contributed by atoms with Gasteiger partial charge in [0.25, 0.3) is 0 Å². The number of carbonyl (C=O) groups excluding carboxylic acids is 1. The van der Waals surface area contributed by atoms with Gasteiger partial charge in [-0.05, 0) is 49.9 Å². The van der Waals surface area contributed by atoms with Crippen LogP contribution < -0.4 is 9.44 Å². The molecule has 0 saturated carbocycles. The maximum Gasteiger partial charge on any atom is 0.303 e. The molecule has 14 heteroatoms. The first-order valence-electron chi connectivity index (χ1n) is 18.2. The first-order chi connectivity index (χ1) is 24.3. The highest BCUT2D eigenvalue weighted by Crippen LogP contribution is 2.28. The maximum absolute atomic E-state index is 13.6. The van der Waals surface area contributed by atoms with Crippen LogP contribution in [0.2, 0.25) is 5.02 Å². The number of unbranched alkanes of at least 4 members (excludes halogenated alkanes) is 16. The van der Waals surface area contributed by atoms with Crippen LogP contribution in [-0.2, 0) is 29.6 Å². The van der Waals surface area contributed by atoms with Crippen LogP contribution >= 0.6 is 11.6 Å². The van der Waals surface area contributed by atoms with Gasteiger partial charge in [-0.25, -0.2) is 26.3 Å². The Labute approximate surface area is 309 Å². The number of carboxylic acid groups (broad SMARTS) is 2. The molecule has 4 N–H and O–H groups in total. The number of sulfonamides is 2. The lowest BCUT2D eigenvalue weighted by molar-refractivity contribution is -0.138. The quantitative estimate of drug-likeness (QED) is 0.0450. The summed E-state index contributed by atoms with van der Waals surface area (Å²) >= 11 is 6.38. The minimum atomic E-state index is -4.10. The highest BCUT2D eigenvalue weighted by Gasteiger charge is 2.26. The van der Waals surface area contributed by atoms with E-state index in [1.807, 2.05) is 0 Å². The molecule has 0 aromatic heterocycles. The van der Waals surface area contributed by atoms with Gasteiger partial charge in [0.1, 0.15) is 0 Å². The highest BCUT2D eigenvalue weighted by molar-refractivity contribution is 7.89. The third-order valence-electron chi connectivity index (χ3n) is 8.62. The van der Waals surface area contributed by atoms with Crippen LogP contribution in [0.15, 0.2) is 52.3 Å². The average molecular weight is 771 g/mol. The molecular weight excluding hydrogens is 716 g/mol. The van der Waals surface area contributed by atoms with E-state index in [4.69, 9.17) is 21.8 Å². The average Bonchev–Trinajstić information content (AvgIpc) is 3.08. The van der Waals surface area contributed by atoms with E-state index in [1.165, 1.54) is 42.5 Å². The van der Waals surface area contributed by atoms with Crippen molar-refractivity contribution in [3.63, 3.8) is 0 Å². The Morgan fingerprint density at radius 1 is 0.549 bits per heavy atom. The number of rotatable bonds is 30. The summed E-state index contributed by atoms with van der Waals surface area (Å²) in [5, 5.41) is 17.3. The number of carbonyl (C=O) groups is 3. The van der Waals surface area contributed by atoms with Crippen molar-refractivity contribution in [2.75, 3.05) is 13.1 Å². The van der Waals surface area contributed by atoms with E-state index in [9.17, 15) is 31.2 Å². The lowest BCUT2D eigenvalue weighted by atomic mass is 10.0. The Balaban J connectivity index is 1.84. The molecule has 2 aromatic rings. The summed E-state index contributed by atoms with van der Waals surface area (Å²) in [5.41, 5.74) is -0.231. The van der Waals surface area contributed by atoms with Gasteiger partial charge in [0.05, 0.1) is 20.4 Å². The van der Waals surface area contributed by atoms with Crippen LogP contribution in [0.5, 0.6) is 0 Å². The summed E-state index contributed by atoms with van der Waals surface area (Å²) in [6.07, 6.45) is 16.8. The smallest absolute Gasteiger partial charge is 0.303 e. The van der Waals surface area contributed by atoms with Crippen molar-refractivity contribution in [2.45, 2.75) is 138 Å². The molecule has 0 saturated heterocycles. The van der Waals surface area contributed by atoms with Gasteiger partial charge in [0, 0.05) is 31.5 Å². The van der Waals surface area contributed by atoms with E-state index in [0.29, 0.717) is 25.7 Å². The van der Waals surface area contributed by atoms with Crippen LogP contribution in [0.4, 0.5) is 0 Å². The van der Waals surface area contributed by atoms with E-state index in [2.05, 4.69) is 9.44 Å². The second-order valence-corrected chi connectivity index (χ2v) is 16.8. The zero-order valence-electron chi connectivity index (χ0n) is 29.5. The van der Waals surface area contributed by atoms with Gasteiger partial charge in [-0.2, -0.15) is 0 Å². The Morgan fingerprint density at radius 2 is 0.961 bits per heavy atom. The lowest BCUT2D eigenvalue weighted by Crippen LogP contribution is -2.27. The van der Waals surface area contributed by atoms with Gasteiger partial charge < -0.3 is 10.2 Å². The zero-order valence-corrected chi connectivity index (χ0v) is 31.9. The molecule has 286 valence electrons. The number of benzene rings is 2. The van der Waals surface area contributed by atoms with E-state index in [0.717, 1.165) is 89.9 Å². The summed E-state index contributed by atoms with van der Waals surface area (Å²) in [5.74, 6) is -2.23. The fourth-order valence-electron chi connectivity index (χ4n) is 5.75. The van der Waals surface area contributed by atoms with E-state index in [1.54, 1.807) is 0 Å². The second kappa shape index (κ2) is 24.4. The number of hydrogen-bond acceptors (Lipinski definition) is 7. The molecule has 0 bridgehead atoms. The molecular formula is C37H55ClN2O9S2. The van der Waals surface area contributed by atoms with E-state index in [-0.39, 0.29) is 51.9 Å². The number of ketones is 1. The fourth-order valence-corrected chi connectivity index (χ4v) is 8.48. The number of nitrogens with one attached hydrogen (secondary N) is 2. The van der Waals surface area contributed by atoms with Crippen LogP contribution in [0.25, 0.3) is 0 Å². The second-order valence-electron chi connectivity index (χ2n) is 12.9. The van der Waals surface area contributed by atoms with Gasteiger partial charge in [0.2, 0.25) is 20.0 Å². The molecule has 0 unspecified atom stereocenters. The summed E-state index contributed by atoms with van der Waals surface area (Å²) in [4.78, 5) is 34.4. The minimum Gasteiger partial charge on any atom is -0.481 e. The van der Waals surface area contributed by atoms with E-state index >= 15 is 0 Å². The summed E-state index contributed by atoms with van der Waals surface area (Å²) in [7, 11) is -8.02. The van der Waals surface area contributed by atoms with Gasteiger partial charge in [-0.15, -0.1) is 0 Å². The summed E-state index contributed by atoms with van der Waals surface area (Å²) in [6, 6.07) is 9.65. The van der Waals surface area contributed by atoms with Crippen LogP contribution in [0, 0.1) is 0 Å². The first-order valence-corrected chi connectivity index (χ1v) is 21.6. The number of halogens is 1. The standard InChI is InChI=1S/C37H55ClN2O9S2/c38-32-23-20-24-33(51(48,49)40-28-18-14-10-6-2-4-8-12-16-26-35(43)44)36(32)37(45)30-21-19-22-31(29-30)50(46,47)39-27-17-13-9-5-1-3-7-11-15-25-34(41)42/h19-24,29,39-40H,1-18,25-28H2,(H,41,42)(H,43,44). The van der Waals surface area contributed by atoms with Gasteiger partial charge >= 0.3 is 11.9 Å². The Morgan fingerprint density at radius 3 is 1.43 bits per heavy atom. The molecule has 51 heavy (non-hydrogen) atoms. The molecule has 0 fully saturated rings. The fraction of sp³-hybridized carbons (Fsp3) is 0.595. The van der Waals surface area contributed by atoms with Crippen molar-refractivity contribution in [2.24, 2.45) is 0 Å². The Kier molecular flexibility index (Phi) is 21.2.